The molecule has 3 aromatic rings. The van der Waals surface area contributed by atoms with Crippen molar-refractivity contribution in [3.05, 3.63) is 59.5 Å². The molecule has 1 aromatic carbocycles. The quantitative estimate of drug-likeness (QED) is 0.499. The summed E-state index contributed by atoms with van der Waals surface area (Å²) >= 11 is 0. The molecule has 0 saturated heterocycles. The van der Waals surface area contributed by atoms with E-state index in [0.717, 1.165) is 5.56 Å². The van der Waals surface area contributed by atoms with Crippen LogP contribution in [0.3, 0.4) is 0 Å². The molecule has 3 rings (SSSR count). The molecule has 0 saturated carbocycles. The van der Waals surface area contributed by atoms with Crippen molar-refractivity contribution in [2.75, 3.05) is 6.61 Å². The lowest BCUT2D eigenvalue weighted by Crippen LogP contribution is -2.15. The summed E-state index contributed by atoms with van der Waals surface area (Å²) < 4.78 is 12.6. The van der Waals surface area contributed by atoms with Crippen molar-refractivity contribution in [2.24, 2.45) is 5.41 Å². The Morgan fingerprint density at radius 2 is 1.96 bits per heavy atom. The van der Waals surface area contributed by atoms with Gasteiger partial charge in [0.05, 0.1) is 12.2 Å². The Morgan fingerprint density at radius 1 is 1.21 bits per heavy atom. The predicted octanol–water partition coefficient (Wildman–Crippen LogP) is 3.88. The van der Waals surface area contributed by atoms with Gasteiger partial charge in [-0.05, 0) is 33.3 Å². The summed E-state index contributed by atoms with van der Waals surface area (Å²) in [4.78, 5) is 16.9. The van der Waals surface area contributed by atoms with Crippen LogP contribution < -0.4 is 4.74 Å². The number of hydrogen-bond acceptors (Lipinski definition) is 5. The second-order valence-electron chi connectivity index (χ2n) is 7.26. The van der Waals surface area contributed by atoms with Gasteiger partial charge in [0.15, 0.2) is 17.1 Å². The normalized spacial score (nSPS) is 11.0. The summed E-state index contributed by atoms with van der Waals surface area (Å²) in [5.41, 5.74) is 2.14. The van der Waals surface area contributed by atoms with E-state index in [0.29, 0.717) is 23.6 Å². The van der Waals surface area contributed by atoms with Crippen molar-refractivity contribution < 1.29 is 14.3 Å². The second kappa shape index (κ2) is 8.13. The van der Waals surface area contributed by atoms with E-state index in [9.17, 15) is 4.79 Å². The van der Waals surface area contributed by atoms with E-state index in [1.165, 1.54) is 10.8 Å². The van der Waals surface area contributed by atoms with Gasteiger partial charge >= 0.3 is 5.97 Å². The summed E-state index contributed by atoms with van der Waals surface area (Å²) in [6.07, 6.45) is 1.39. The summed E-state index contributed by atoms with van der Waals surface area (Å²) in [6, 6.07) is 11.5. The third kappa shape index (κ3) is 4.49. The minimum atomic E-state index is -0.517. The molecular weight excluding hydrogens is 354 g/mol. The average Bonchev–Trinajstić information content (AvgIpc) is 3.14. The molecule has 28 heavy (non-hydrogen) atoms. The molecule has 6 nitrogen and oxygen atoms in total. The monoisotopic (exact) mass is 377 g/mol. The Kier molecular flexibility index (Phi) is 5.65. The Bertz CT molecular complexity index is 1040. The number of esters is 1. The van der Waals surface area contributed by atoms with Gasteiger partial charge < -0.3 is 9.47 Å². The molecule has 2 heterocycles. The first-order valence-corrected chi connectivity index (χ1v) is 9.13. The molecule has 0 bridgehead atoms. The highest BCUT2D eigenvalue weighted by Crippen LogP contribution is 2.25. The third-order valence-electron chi connectivity index (χ3n) is 3.79. The maximum Gasteiger partial charge on any atom is 0.360 e. The molecule has 6 heteroatoms. The van der Waals surface area contributed by atoms with Crippen molar-refractivity contribution in [1.82, 2.24) is 14.6 Å². The lowest BCUT2D eigenvalue weighted by Gasteiger charge is -2.13. The van der Waals surface area contributed by atoms with Crippen LogP contribution >= 0.6 is 0 Å². The van der Waals surface area contributed by atoms with E-state index in [4.69, 9.17) is 9.47 Å². The topological polar surface area (TPSA) is 65.7 Å². The highest BCUT2D eigenvalue weighted by molar-refractivity contribution is 5.92. The molecule has 0 fully saturated rings. The fraction of sp³-hybridized carbons (Fsp3) is 0.318. The summed E-state index contributed by atoms with van der Waals surface area (Å²) in [7, 11) is 0. The lowest BCUT2D eigenvalue weighted by molar-refractivity contribution is 0.0510. The van der Waals surface area contributed by atoms with E-state index in [1.807, 2.05) is 51.1 Å². The number of benzene rings is 1. The van der Waals surface area contributed by atoms with Gasteiger partial charge in [0, 0.05) is 11.5 Å². The first kappa shape index (κ1) is 19.4. The van der Waals surface area contributed by atoms with Crippen molar-refractivity contribution in [3.8, 4) is 17.6 Å². The largest absolute Gasteiger partial charge is 0.486 e. The highest BCUT2D eigenvalue weighted by Gasteiger charge is 2.22. The molecule has 0 unspecified atom stereocenters. The Hall–Kier alpha value is -3.33. The minimum Gasteiger partial charge on any atom is -0.486 e. The standard InChI is InChI=1S/C22H23N3O3/c1-5-27-21(26)19-18(28-14-16-9-7-6-8-10-16)13-17(11-12-22(2,3)4)20-23-15-24-25(19)20/h6-10,13,15H,5,14H2,1-4H3. The Morgan fingerprint density at radius 3 is 2.64 bits per heavy atom. The van der Waals surface area contributed by atoms with Crippen LogP contribution in [0.5, 0.6) is 5.75 Å². The number of ether oxygens (including phenoxy) is 2. The van der Waals surface area contributed by atoms with Gasteiger partial charge in [0.1, 0.15) is 12.9 Å². The molecule has 0 radical (unpaired) electrons. The summed E-state index contributed by atoms with van der Waals surface area (Å²) in [5, 5.41) is 4.20. The van der Waals surface area contributed by atoms with Gasteiger partial charge in [0.25, 0.3) is 0 Å². The smallest absolute Gasteiger partial charge is 0.360 e. The van der Waals surface area contributed by atoms with Gasteiger partial charge in [-0.2, -0.15) is 5.10 Å². The zero-order chi connectivity index (χ0) is 20.1. The van der Waals surface area contributed by atoms with Crippen molar-refractivity contribution in [2.45, 2.75) is 34.3 Å². The minimum absolute atomic E-state index is 0.179. The fourth-order valence-electron chi connectivity index (χ4n) is 2.54. The first-order chi connectivity index (χ1) is 13.4. The van der Waals surface area contributed by atoms with Gasteiger partial charge in [-0.3, -0.25) is 0 Å². The predicted molar refractivity (Wildman–Crippen MR) is 106 cm³/mol. The van der Waals surface area contributed by atoms with Crippen LogP contribution in [0.15, 0.2) is 42.7 Å². The number of rotatable bonds is 5. The number of hydrogen-bond donors (Lipinski definition) is 0. The van der Waals surface area contributed by atoms with Gasteiger partial charge in [-0.1, -0.05) is 42.2 Å². The maximum absolute atomic E-state index is 12.6. The molecule has 0 aliphatic carbocycles. The first-order valence-electron chi connectivity index (χ1n) is 9.13. The van der Waals surface area contributed by atoms with E-state index < -0.39 is 5.97 Å². The maximum atomic E-state index is 12.6. The highest BCUT2D eigenvalue weighted by atomic mass is 16.5. The van der Waals surface area contributed by atoms with Gasteiger partial charge in [-0.15, -0.1) is 0 Å². The van der Waals surface area contributed by atoms with E-state index in [-0.39, 0.29) is 17.7 Å². The molecule has 0 N–H and O–H groups in total. The molecule has 0 aliphatic heterocycles. The number of carbonyl (C=O) groups is 1. The second-order valence-corrected chi connectivity index (χ2v) is 7.26. The summed E-state index contributed by atoms with van der Waals surface area (Å²) in [6.45, 7) is 8.39. The van der Waals surface area contributed by atoms with E-state index in [1.54, 1.807) is 13.0 Å². The SMILES string of the molecule is CCOC(=O)c1c(OCc2ccccc2)cc(C#CC(C)(C)C)c2ncnn12. The number of carbonyl (C=O) groups excluding carboxylic acids is 1. The average molecular weight is 377 g/mol. The Balaban J connectivity index is 2.10. The molecular formula is C22H23N3O3. The van der Waals surface area contributed by atoms with Crippen LogP contribution in [-0.4, -0.2) is 27.2 Å². The number of nitrogens with zero attached hydrogens (tertiary/aromatic N) is 3. The number of fused-ring (bicyclic) bond motifs is 1. The van der Waals surface area contributed by atoms with Gasteiger partial charge in [-0.25, -0.2) is 14.3 Å². The van der Waals surface area contributed by atoms with Crippen LogP contribution in [-0.2, 0) is 11.3 Å². The van der Waals surface area contributed by atoms with Crippen LogP contribution in [0.1, 0.15) is 49.3 Å². The zero-order valence-corrected chi connectivity index (χ0v) is 16.5. The van der Waals surface area contributed by atoms with Crippen LogP contribution in [0, 0.1) is 17.3 Å². The van der Waals surface area contributed by atoms with Crippen LogP contribution in [0.2, 0.25) is 0 Å². The molecule has 2 aromatic heterocycles. The molecule has 0 amide bonds. The molecule has 0 aliphatic rings. The number of aromatic nitrogens is 3. The van der Waals surface area contributed by atoms with E-state index in [2.05, 4.69) is 21.9 Å². The van der Waals surface area contributed by atoms with E-state index >= 15 is 0 Å². The van der Waals surface area contributed by atoms with Gasteiger partial charge in [0.2, 0.25) is 0 Å². The number of pyridine rings is 1. The zero-order valence-electron chi connectivity index (χ0n) is 16.5. The van der Waals surface area contributed by atoms with Crippen LogP contribution in [0.25, 0.3) is 5.65 Å². The third-order valence-corrected chi connectivity index (χ3v) is 3.79. The van der Waals surface area contributed by atoms with Crippen molar-refractivity contribution in [1.29, 1.82) is 0 Å². The molecule has 144 valence electrons. The lowest BCUT2D eigenvalue weighted by atomic mass is 9.97. The van der Waals surface area contributed by atoms with Crippen molar-refractivity contribution in [3.63, 3.8) is 0 Å². The molecule has 0 spiro atoms. The fourth-order valence-corrected chi connectivity index (χ4v) is 2.54. The van der Waals surface area contributed by atoms with Crippen LogP contribution in [0.4, 0.5) is 0 Å². The Labute approximate surface area is 164 Å². The molecule has 0 atom stereocenters. The summed E-state index contributed by atoms with van der Waals surface area (Å²) in [5.74, 6) is 6.18. The van der Waals surface area contributed by atoms with Crippen molar-refractivity contribution >= 4 is 11.6 Å².